The predicted octanol–water partition coefficient (Wildman–Crippen LogP) is 5.13. The maximum Gasteiger partial charge on any atom is 0.266 e. The molecule has 0 radical (unpaired) electrons. The lowest BCUT2D eigenvalue weighted by Crippen LogP contribution is -2.58. The lowest BCUT2D eigenvalue weighted by molar-refractivity contribution is -0.181. The molecule has 3 fully saturated rings. The van der Waals surface area contributed by atoms with Crippen molar-refractivity contribution in [3.63, 3.8) is 0 Å². The summed E-state index contributed by atoms with van der Waals surface area (Å²) in [6, 6.07) is 9.78. The van der Waals surface area contributed by atoms with Gasteiger partial charge in [-0.05, 0) is 68.7 Å². The van der Waals surface area contributed by atoms with E-state index in [1.54, 1.807) is 19.5 Å². The number of pyridine rings is 3. The number of alkyl halides is 2. The zero-order chi connectivity index (χ0) is 32.8. The maximum atomic E-state index is 15.4. The van der Waals surface area contributed by atoms with Gasteiger partial charge in [0, 0.05) is 75.0 Å². The highest BCUT2D eigenvalue weighted by atomic mass is 19.3. The van der Waals surface area contributed by atoms with Gasteiger partial charge in [-0.1, -0.05) is 6.07 Å². The van der Waals surface area contributed by atoms with E-state index in [2.05, 4.69) is 15.6 Å². The van der Waals surface area contributed by atoms with E-state index < -0.39 is 16.9 Å². The quantitative estimate of drug-likeness (QED) is 0.285. The second-order valence-electron chi connectivity index (χ2n) is 13.3. The molecule has 248 valence electrons. The van der Waals surface area contributed by atoms with Crippen LogP contribution in [-0.4, -0.2) is 82.8 Å². The largest absolute Gasteiger partial charge is 0.378 e. The molecule has 1 spiro atoms. The van der Waals surface area contributed by atoms with Gasteiger partial charge in [-0.3, -0.25) is 14.7 Å². The minimum absolute atomic E-state index is 0.200. The molecule has 7 heterocycles. The minimum atomic E-state index is -2.72. The predicted molar refractivity (Wildman–Crippen MR) is 175 cm³/mol. The van der Waals surface area contributed by atoms with Gasteiger partial charge < -0.3 is 24.7 Å². The molecule has 47 heavy (non-hydrogen) atoms. The van der Waals surface area contributed by atoms with Crippen LogP contribution in [0.3, 0.4) is 0 Å². The molecule has 3 aliphatic rings. The van der Waals surface area contributed by atoms with Gasteiger partial charge in [0.2, 0.25) is 5.91 Å². The first-order chi connectivity index (χ1) is 22.6. The Balaban J connectivity index is 1.21. The van der Waals surface area contributed by atoms with Crippen molar-refractivity contribution in [2.75, 3.05) is 51.8 Å². The summed E-state index contributed by atoms with van der Waals surface area (Å²) in [6.07, 6.45) is 7.76. The van der Waals surface area contributed by atoms with Gasteiger partial charge in [0.1, 0.15) is 11.4 Å². The zero-order valence-corrected chi connectivity index (χ0v) is 27.1. The number of anilines is 1. The number of nitrogens with one attached hydrogen (secondary N) is 2. The van der Waals surface area contributed by atoms with Crippen molar-refractivity contribution in [1.29, 1.82) is 0 Å². The van der Waals surface area contributed by atoms with Crippen LogP contribution in [0.4, 0.5) is 14.6 Å². The highest BCUT2D eigenvalue weighted by molar-refractivity contribution is 5.98. The Morgan fingerprint density at radius 1 is 1.09 bits per heavy atom. The molecule has 1 amide bonds. The monoisotopic (exact) mass is 645 g/mol. The van der Waals surface area contributed by atoms with Gasteiger partial charge in [0.15, 0.2) is 0 Å². The van der Waals surface area contributed by atoms with Crippen LogP contribution >= 0.6 is 0 Å². The summed E-state index contributed by atoms with van der Waals surface area (Å²) in [6.45, 7) is 4.58. The lowest BCUT2D eigenvalue weighted by Gasteiger charge is -2.49. The van der Waals surface area contributed by atoms with E-state index >= 15 is 8.78 Å². The third kappa shape index (κ3) is 5.92. The molecule has 4 aromatic rings. The van der Waals surface area contributed by atoms with Crippen LogP contribution in [-0.2, 0) is 33.5 Å². The number of fused-ring (bicyclic) bond motifs is 1. The third-order valence-corrected chi connectivity index (χ3v) is 10.3. The van der Waals surface area contributed by atoms with Gasteiger partial charge in [0.25, 0.3) is 5.92 Å². The maximum absolute atomic E-state index is 15.4. The first kappa shape index (κ1) is 31.7. The fourth-order valence-corrected chi connectivity index (χ4v) is 7.48. The van der Waals surface area contributed by atoms with E-state index in [4.69, 9.17) is 19.4 Å². The average Bonchev–Trinajstić information content (AvgIpc) is 3.68. The average molecular weight is 646 g/mol. The van der Waals surface area contributed by atoms with Gasteiger partial charge in [-0.2, -0.15) is 0 Å². The number of halogens is 2. The molecule has 0 aliphatic carbocycles. The van der Waals surface area contributed by atoms with E-state index in [0.29, 0.717) is 70.9 Å². The number of aromatic nitrogens is 4. The van der Waals surface area contributed by atoms with Gasteiger partial charge in [0.05, 0.1) is 41.9 Å². The minimum Gasteiger partial charge on any atom is -0.378 e. The van der Waals surface area contributed by atoms with Crippen LogP contribution in [0.5, 0.6) is 0 Å². The molecule has 0 unspecified atom stereocenters. The molecule has 4 aromatic heterocycles. The molecule has 3 aliphatic heterocycles. The molecule has 3 saturated heterocycles. The molecule has 1 atom stereocenters. The first-order valence-corrected chi connectivity index (χ1v) is 16.3. The van der Waals surface area contributed by atoms with Crippen molar-refractivity contribution < 1.29 is 23.0 Å². The SMILES string of the molecule is CO[C@@]1(c2cc(-c3ccc(CN4CCC5(CCNCC5)C(F)(F)C4)cn3)cc(-c3cn(C)c4cnc(NC(C)=O)cc34)n2)CCOC1. The van der Waals surface area contributed by atoms with Crippen LogP contribution in [0.1, 0.15) is 43.9 Å². The summed E-state index contributed by atoms with van der Waals surface area (Å²) >= 11 is 0. The Bertz CT molecular complexity index is 1780. The Hall–Kier alpha value is -3.84. The summed E-state index contributed by atoms with van der Waals surface area (Å²) in [5.41, 5.74) is 4.13. The number of rotatable bonds is 7. The lowest BCUT2D eigenvalue weighted by atomic mass is 9.69. The fourth-order valence-electron chi connectivity index (χ4n) is 7.48. The van der Waals surface area contributed by atoms with Crippen LogP contribution in [0.25, 0.3) is 33.4 Å². The number of carbonyl (C=O) groups excluding carboxylic acids is 1. The summed E-state index contributed by atoms with van der Waals surface area (Å²) in [4.78, 5) is 28.0. The van der Waals surface area contributed by atoms with Gasteiger partial charge in [-0.25, -0.2) is 18.7 Å². The molecular weight excluding hydrogens is 604 g/mol. The number of piperidine rings is 2. The fraction of sp³-hybridized carbons (Fsp3) is 0.486. The van der Waals surface area contributed by atoms with Gasteiger partial charge >= 0.3 is 0 Å². The molecule has 10 nitrogen and oxygen atoms in total. The van der Waals surface area contributed by atoms with Crippen molar-refractivity contribution in [3.8, 4) is 22.5 Å². The van der Waals surface area contributed by atoms with Crippen molar-refractivity contribution in [2.24, 2.45) is 12.5 Å². The van der Waals surface area contributed by atoms with E-state index in [1.165, 1.54) is 6.92 Å². The van der Waals surface area contributed by atoms with E-state index in [9.17, 15) is 4.79 Å². The number of hydrogen-bond acceptors (Lipinski definition) is 8. The second kappa shape index (κ2) is 12.3. The summed E-state index contributed by atoms with van der Waals surface area (Å²) in [7, 11) is 3.62. The molecule has 7 rings (SSSR count). The number of hydrogen-bond donors (Lipinski definition) is 2. The number of likely N-dealkylation sites (tertiary alicyclic amines) is 1. The van der Waals surface area contributed by atoms with E-state index in [0.717, 1.165) is 44.7 Å². The topological polar surface area (TPSA) is 106 Å². The summed E-state index contributed by atoms with van der Waals surface area (Å²) < 4.78 is 44.7. The van der Waals surface area contributed by atoms with Crippen LogP contribution in [0.2, 0.25) is 0 Å². The van der Waals surface area contributed by atoms with Crippen molar-refractivity contribution in [1.82, 2.24) is 29.7 Å². The molecular formula is C35H41F2N7O3. The highest BCUT2D eigenvalue weighted by Gasteiger charge is 2.56. The van der Waals surface area contributed by atoms with E-state index in [1.807, 2.05) is 53.0 Å². The number of carbonyl (C=O) groups is 1. The second-order valence-corrected chi connectivity index (χ2v) is 13.3. The highest BCUT2D eigenvalue weighted by Crippen LogP contribution is 2.50. The number of amides is 1. The third-order valence-electron chi connectivity index (χ3n) is 10.3. The molecule has 0 aromatic carbocycles. The molecule has 12 heteroatoms. The van der Waals surface area contributed by atoms with Crippen molar-refractivity contribution >= 4 is 22.6 Å². The molecule has 0 saturated carbocycles. The Kier molecular flexibility index (Phi) is 8.32. The number of nitrogens with zero attached hydrogens (tertiary/aromatic N) is 5. The van der Waals surface area contributed by atoms with Crippen LogP contribution in [0.15, 0.2) is 48.9 Å². The molecule has 0 bridgehead atoms. The Labute approximate surface area is 272 Å². The summed E-state index contributed by atoms with van der Waals surface area (Å²) in [5.74, 6) is -2.46. The first-order valence-electron chi connectivity index (χ1n) is 16.3. The van der Waals surface area contributed by atoms with Crippen LogP contribution in [0, 0.1) is 5.41 Å². The van der Waals surface area contributed by atoms with Gasteiger partial charge in [-0.15, -0.1) is 0 Å². The Morgan fingerprint density at radius 2 is 1.91 bits per heavy atom. The smallest absolute Gasteiger partial charge is 0.266 e. The number of ether oxygens (including phenoxy) is 2. The number of aryl methyl sites for hydroxylation is 1. The zero-order valence-electron chi connectivity index (χ0n) is 27.1. The van der Waals surface area contributed by atoms with Crippen molar-refractivity contribution in [3.05, 3.63) is 60.2 Å². The van der Waals surface area contributed by atoms with E-state index in [-0.39, 0.29) is 12.5 Å². The Morgan fingerprint density at radius 3 is 2.60 bits per heavy atom. The van der Waals surface area contributed by atoms with Crippen LogP contribution < -0.4 is 10.6 Å². The molecule has 2 N–H and O–H groups in total. The normalized spacial score (nSPS) is 22.6. The van der Waals surface area contributed by atoms with Crippen molar-refractivity contribution in [2.45, 2.75) is 50.7 Å². The summed E-state index contributed by atoms with van der Waals surface area (Å²) in [5, 5.41) is 6.89. The number of methoxy groups -OCH3 is 1. The standard InChI is InChI=1S/C35H41F2N7O3/c1-23(45)41-32-16-26-27(20-43(2)30(26)18-40-32)29-14-25(15-31(42-29)34(46-3)9-13-47-22-34)28-5-4-24(17-39-28)19-44-12-8-33(35(36,37)21-44)6-10-38-11-7-33/h4-5,14-18,20,38H,6-13,19,21-22H2,1-3H3,(H,40,41,45)/t34-/m0/s1.